The van der Waals surface area contributed by atoms with E-state index in [-0.39, 0.29) is 18.4 Å². The lowest BCUT2D eigenvalue weighted by molar-refractivity contribution is -0.120. The van der Waals surface area contributed by atoms with E-state index in [2.05, 4.69) is 32.6 Å². The maximum absolute atomic E-state index is 12.9. The minimum Gasteiger partial charge on any atom is -0.352 e. The van der Waals surface area contributed by atoms with Crippen molar-refractivity contribution < 1.29 is 9.59 Å². The molecule has 0 saturated carbocycles. The normalized spacial score (nSPS) is 13.1. The van der Waals surface area contributed by atoms with Crippen LogP contribution in [-0.4, -0.2) is 18.5 Å². The molecule has 1 aliphatic rings. The van der Waals surface area contributed by atoms with Gasteiger partial charge in [0.05, 0.1) is 6.42 Å². The molecule has 0 spiro atoms. The number of urea groups is 1. The molecule has 0 aromatic heterocycles. The van der Waals surface area contributed by atoms with Gasteiger partial charge < -0.3 is 10.6 Å². The summed E-state index contributed by atoms with van der Waals surface area (Å²) in [6, 6.07) is 23.2. The minimum absolute atomic E-state index is 0.0429. The fourth-order valence-corrected chi connectivity index (χ4v) is 4.31. The number of amides is 3. The van der Waals surface area contributed by atoms with Crippen LogP contribution >= 0.6 is 15.9 Å². The van der Waals surface area contributed by atoms with E-state index in [9.17, 15) is 9.59 Å². The molecule has 3 aromatic carbocycles. The molecule has 32 heavy (non-hydrogen) atoms. The van der Waals surface area contributed by atoms with Crippen molar-refractivity contribution in [1.82, 2.24) is 5.32 Å². The molecule has 3 amide bonds. The van der Waals surface area contributed by atoms with Gasteiger partial charge in [0.2, 0.25) is 5.91 Å². The number of carbonyl (C=O) groups excluding carboxylic acids is 2. The van der Waals surface area contributed by atoms with Crippen molar-refractivity contribution >= 4 is 39.2 Å². The molecule has 1 aliphatic heterocycles. The van der Waals surface area contributed by atoms with E-state index in [0.717, 1.165) is 40.5 Å². The predicted molar refractivity (Wildman–Crippen MR) is 132 cm³/mol. The van der Waals surface area contributed by atoms with Crippen LogP contribution in [0.2, 0.25) is 0 Å². The lowest BCUT2D eigenvalue weighted by Gasteiger charge is -2.23. The molecule has 164 valence electrons. The summed E-state index contributed by atoms with van der Waals surface area (Å²) in [6.45, 7) is 1.18. The summed E-state index contributed by atoms with van der Waals surface area (Å²) >= 11 is 3.49. The molecule has 5 nitrogen and oxygen atoms in total. The molecular formula is C26H26BrN3O2. The van der Waals surface area contributed by atoms with Gasteiger partial charge in [-0.05, 0) is 60.2 Å². The molecular weight excluding hydrogens is 466 g/mol. The van der Waals surface area contributed by atoms with E-state index in [1.165, 1.54) is 5.56 Å². The van der Waals surface area contributed by atoms with Crippen LogP contribution in [0.15, 0.2) is 77.3 Å². The summed E-state index contributed by atoms with van der Waals surface area (Å²) in [6.07, 6.45) is 3.35. The number of fused-ring (bicyclic) bond motifs is 1. The number of hydrogen-bond donors (Lipinski definition) is 2. The first kappa shape index (κ1) is 22.1. The predicted octanol–water partition coefficient (Wildman–Crippen LogP) is 5.68. The van der Waals surface area contributed by atoms with E-state index < -0.39 is 0 Å². The first-order valence-corrected chi connectivity index (χ1v) is 11.6. The second-order valence-corrected chi connectivity index (χ2v) is 8.76. The van der Waals surface area contributed by atoms with Crippen LogP contribution in [0, 0.1) is 0 Å². The van der Waals surface area contributed by atoms with E-state index in [1.54, 1.807) is 0 Å². The van der Waals surface area contributed by atoms with Crippen molar-refractivity contribution in [3.63, 3.8) is 0 Å². The van der Waals surface area contributed by atoms with E-state index in [4.69, 9.17) is 0 Å². The molecule has 6 heteroatoms. The first-order valence-electron chi connectivity index (χ1n) is 10.9. The van der Waals surface area contributed by atoms with Gasteiger partial charge in [-0.25, -0.2) is 4.79 Å². The Labute approximate surface area is 197 Å². The molecule has 0 unspecified atom stereocenters. The minimum atomic E-state index is -0.127. The van der Waals surface area contributed by atoms with Crippen LogP contribution in [0.3, 0.4) is 0 Å². The summed E-state index contributed by atoms with van der Waals surface area (Å²) in [5.41, 5.74) is 4.85. The van der Waals surface area contributed by atoms with Gasteiger partial charge in [-0.2, -0.15) is 0 Å². The highest BCUT2D eigenvalue weighted by Gasteiger charge is 2.20. The number of carbonyl (C=O) groups is 2. The average molecular weight is 492 g/mol. The number of hydrogen-bond acceptors (Lipinski definition) is 2. The van der Waals surface area contributed by atoms with Crippen LogP contribution in [0.25, 0.3) is 0 Å². The lowest BCUT2D eigenvalue weighted by Crippen LogP contribution is -2.35. The highest BCUT2D eigenvalue weighted by molar-refractivity contribution is 9.10. The van der Waals surface area contributed by atoms with Gasteiger partial charge in [-0.1, -0.05) is 64.5 Å². The third-order valence-corrected chi connectivity index (χ3v) is 6.38. The van der Waals surface area contributed by atoms with Gasteiger partial charge in [-0.15, -0.1) is 0 Å². The number of rotatable bonds is 5. The van der Waals surface area contributed by atoms with Crippen molar-refractivity contribution in [2.24, 2.45) is 0 Å². The van der Waals surface area contributed by atoms with Crippen molar-refractivity contribution in [3.05, 3.63) is 94.0 Å². The number of nitrogens with one attached hydrogen (secondary N) is 2. The third kappa shape index (κ3) is 5.56. The first-order chi connectivity index (χ1) is 15.6. The molecule has 4 rings (SSSR count). The highest BCUT2D eigenvalue weighted by Crippen LogP contribution is 2.26. The Balaban J connectivity index is 1.33. The Morgan fingerprint density at radius 1 is 0.906 bits per heavy atom. The van der Waals surface area contributed by atoms with Crippen molar-refractivity contribution in [2.45, 2.75) is 32.2 Å². The zero-order valence-corrected chi connectivity index (χ0v) is 19.4. The molecule has 3 aromatic rings. The van der Waals surface area contributed by atoms with Crippen LogP contribution in [-0.2, 0) is 24.2 Å². The number of halogens is 1. The molecule has 0 radical (unpaired) electrons. The van der Waals surface area contributed by atoms with Crippen LogP contribution in [0.1, 0.15) is 29.5 Å². The van der Waals surface area contributed by atoms with E-state index in [0.29, 0.717) is 18.8 Å². The second-order valence-electron chi connectivity index (χ2n) is 7.91. The fraction of sp³-hybridized carbons (Fsp3) is 0.231. The molecule has 1 heterocycles. The van der Waals surface area contributed by atoms with E-state index in [1.807, 2.05) is 71.6 Å². The maximum Gasteiger partial charge on any atom is 0.326 e. The summed E-state index contributed by atoms with van der Waals surface area (Å²) in [4.78, 5) is 27.1. The van der Waals surface area contributed by atoms with Crippen LogP contribution in [0.4, 0.5) is 16.2 Å². The number of nitrogens with zero attached hydrogens (tertiary/aromatic N) is 1. The zero-order valence-electron chi connectivity index (χ0n) is 17.8. The fourth-order valence-electron chi connectivity index (χ4n) is 3.88. The maximum atomic E-state index is 12.9. The third-order valence-electron chi connectivity index (χ3n) is 5.61. The molecule has 0 bridgehead atoms. The van der Waals surface area contributed by atoms with E-state index >= 15 is 0 Å². The Morgan fingerprint density at radius 2 is 1.66 bits per heavy atom. The van der Waals surface area contributed by atoms with Crippen molar-refractivity contribution in [2.75, 3.05) is 16.8 Å². The quantitative estimate of drug-likeness (QED) is 0.481. The van der Waals surface area contributed by atoms with Crippen molar-refractivity contribution in [1.29, 1.82) is 0 Å². The number of benzene rings is 3. The molecule has 2 N–H and O–H groups in total. The summed E-state index contributed by atoms with van der Waals surface area (Å²) < 4.78 is 0.979. The summed E-state index contributed by atoms with van der Waals surface area (Å²) in [5, 5.41) is 5.94. The number of aryl methyl sites for hydroxylation is 1. The largest absolute Gasteiger partial charge is 0.352 e. The summed E-state index contributed by atoms with van der Waals surface area (Å²) in [5.74, 6) is -0.0429. The highest BCUT2D eigenvalue weighted by atomic mass is 79.9. The van der Waals surface area contributed by atoms with Crippen molar-refractivity contribution in [3.8, 4) is 0 Å². The van der Waals surface area contributed by atoms with Gasteiger partial charge >= 0.3 is 6.03 Å². The number of anilines is 2. The smallest absolute Gasteiger partial charge is 0.326 e. The molecule has 0 aliphatic carbocycles. The van der Waals surface area contributed by atoms with Gasteiger partial charge in [0.25, 0.3) is 0 Å². The topological polar surface area (TPSA) is 61.4 Å². The van der Waals surface area contributed by atoms with Gasteiger partial charge in [0.1, 0.15) is 0 Å². The van der Waals surface area contributed by atoms with Gasteiger partial charge in [-0.3, -0.25) is 9.69 Å². The van der Waals surface area contributed by atoms with Crippen LogP contribution < -0.4 is 15.5 Å². The SMILES string of the molecule is O=C(Cc1ccc(NC(=O)N2CCCCc3ccccc32)cc1)NCc1ccccc1Br. The van der Waals surface area contributed by atoms with Gasteiger partial charge in [0.15, 0.2) is 0 Å². The Kier molecular flexibility index (Phi) is 7.22. The van der Waals surface area contributed by atoms with Gasteiger partial charge in [0, 0.05) is 28.9 Å². The standard InChI is InChI=1S/C26H26BrN3O2/c27-23-10-3-1-9-21(23)18-28-25(31)17-19-12-14-22(15-13-19)29-26(32)30-16-6-5-8-20-7-2-4-11-24(20)30/h1-4,7,9-15H,5-6,8,16-18H2,(H,28,31)(H,29,32). The Morgan fingerprint density at radius 3 is 2.47 bits per heavy atom. The second kappa shape index (κ2) is 10.5. The Hall–Kier alpha value is -3.12. The monoisotopic (exact) mass is 491 g/mol. The van der Waals surface area contributed by atoms with Crippen LogP contribution in [0.5, 0.6) is 0 Å². The Bertz CT molecular complexity index is 1100. The molecule has 0 atom stereocenters. The molecule has 0 saturated heterocycles. The average Bonchev–Trinajstić information content (AvgIpc) is 3.02. The molecule has 0 fully saturated rings. The summed E-state index contributed by atoms with van der Waals surface area (Å²) in [7, 11) is 0. The number of para-hydroxylation sites is 1. The zero-order chi connectivity index (χ0) is 22.3. The lowest BCUT2D eigenvalue weighted by atomic mass is 10.1.